The summed E-state index contributed by atoms with van der Waals surface area (Å²) in [6.07, 6.45) is 1.31. The molecule has 15 heavy (non-hydrogen) atoms. The SMILES string of the molecule is COC(=O)C=CB1OC(C)(C)C(C)(C)O1. The first-order valence-electron chi connectivity index (χ1n) is 4.90. The van der Waals surface area contributed by atoms with Crippen molar-refractivity contribution in [2.45, 2.75) is 38.9 Å². The van der Waals surface area contributed by atoms with Crippen molar-refractivity contribution in [1.82, 2.24) is 0 Å². The van der Waals surface area contributed by atoms with Gasteiger partial charge in [0.25, 0.3) is 0 Å². The van der Waals surface area contributed by atoms with Crippen molar-refractivity contribution in [2.75, 3.05) is 7.11 Å². The predicted molar refractivity (Wildman–Crippen MR) is 57.2 cm³/mol. The fraction of sp³-hybridized carbons (Fsp3) is 0.700. The van der Waals surface area contributed by atoms with Gasteiger partial charge in [-0.2, -0.15) is 0 Å². The second-order valence-corrected chi connectivity index (χ2v) is 4.51. The Morgan fingerprint density at radius 1 is 1.20 bits per heavy atom. The largest absolute Gasteiger partial charge is 0.487 e. The maximum Gasteiger partial charge on any atom is 0.487 e. The first-order valence-corrected chi connectivity index (χ1v) is 4.90. The van der Waals surface area contributed by atoms with Gasteiger partial charge in [-0.15, -0.1) is 0 Å². The molecule has 0 aliphatic carbocycles. The van der Waals surface area contributed by atoms with Crippen LogP contribution in [-0.4, -0.2) is 31.4 Å². The van der Waals surface area contributed by atoms with Gasteiger partial charge in [-0.1, -0.05) is 0 Å². The third-order valence-corrected chi connectivity index (χ3v) is 2.86. The molecule has 1 aliphatic rings. The van der Waals surface area contributed by atoms with Gasteiger partial charge in [0.15, 0.2) is 0 Å². The molecule has 4 nitrogen and oxygen atoms in total. The van der Waals surface area contributed by atoms with Gasteiger partial charge in [0, 0.05) is 6.08 Å². The number of esters is 1. The monoisotopic (exact) mass is 212 g/mol. The van der Waals surface area contributed by atoms with Crippen molar-refractivity contribution < 1.29 is 18.8 Å². The molecular weight excluding hydrogens is 195 g/mol. The van der Waals surface area contributed by atoms with Crippen LogP contribution in [0.25, 0.3) is 0 Å². The van der Waals surface area contributed by atoms with Crippen molar-refractivity contribution in [3.63, 3.8) is 0 Å². The smallest absolute Gasteiger partial charge is 0.466 e. The van der Waals surface area contributed by atoms with Gasteiger partial charge in [0.2, 0.25) is 0 Å². The van der Waals surface area contributed by atoms with Gasteiger partial charge in [-0.25, -0.2) is 4.79 Å². The number of hydrogen-bond acceptors (Lipinski definition) is 4. The zero-order valence-electron chi connectivity index (χ0n) is 9.87. The van der Waals surface area contributed by atoms with E-state index in [2.05, 4.69) is 4.74 Å². The van der Waals surface area contributed by atoms with E-state index in [0.717, 1.165) is 0 Å². The van der Waals surface area contributed by atoms with E-state index in [4.69, 9.17) is 9.31 Å². The van der Waals surface area contributed by atoms with Crippen LogP contribution in [-0.2, 0) is 18.8 Å². The van der Waals surface area contributed by atoms with Crippen molar-refractivity contribution in [1.29, 1.82) is 0 Å². The van der Waals surface area contributed by atoms with Crippen molar-refractivity contribution in [2.24, 2.45) is 0 Å². The van der Waals surface area contributed by atoms with Crippen LogP contribution in [0.5, 0.6) is 0 Å². The molecule has 5 heteroatoms. The van der Waals surface area contributed by atoms with Crippen LogP contribution >= 0.6 is 0 Å². The quantitative estimate of drug-likeness (QED) is 0.393. The summed E-state index contributed by atoms with van der Waals surface area (Å²) in [7, 11) is 0.839. The van der Waals surface area contributed by atoms with E-state index in [1.807, 2.05) is 27.7 Å². The maximum atomic E-state index is 10.9. The van der Waals surface area contributed by atoms with Gasteiger partial charge in [0.05, 0.1) is 18.3 Å². The summed E-state index contributed by atoms with van der Waals surface area (Å²) in [6, 6.07) is 0. The highest BCUT2D eigenvalue weighted by Crippen LogP contribution is 2.36. The van der Waals surface area contributed by atoms with Crippen LogP contribution in [0.4, 0.5) is 0 Å². The number of carbonyl (C=O) groups is 1. The highest BCUT2D eigenvalue weighted by Gasteiger charge is 2.50. The Balaban J connectivity index is 2.64. The normalized spacial score (nSPS) is 23.4. The molecule has 0 unspecified atom stereocenters. The molecule has 0 aromatic heterocycles. The predicted octanol–water partition coefficient (Wildman–Crippen LogP) is 1.35. The standard InChI is InChI=1S/C10H17BO4/c1-9(2)10(3,4)15-11(14-9)7-6-8(12)13-5/h6-7H,1-5H3. The van der Waals surface area contributed by atoms with E-state index in [-0.39, 0.29) is 11.2 Å². The molecular formula is C10H17BO4. The third kappa shape index (κ3) is 2.61. The summed E-state index contributed by atoms with van der Waals surface area (Å²) in [5.41, 5.74) is -0.754. The molecule has 1 fully saturated rings. The van der Waals surface area contributed by atoms with Gasteiger partial charge in [-0.05, 0) is 33.7 Å². The van der Waals surface area contributed by atoms with Crippen LogP contribution in [0, 0.1) is 0 Å². The molecule has 0 bridgehead atoms. The summed E-state index contributed by atoms with van der Waals surface area (Å²) in [5, 5.41) is 0. The minimum Gasteiger partial charge on any atom is -0.466 e. The Labute approximate surface area is 90.7 Å². The van der Waals surface area contributed by atoms with Crippen LogP contribution in [0.3, 0.4) is 0 Å². The highest BCUT2D eigenvalue weighted by atomic mass is 16.7. The Morgan fingerprint density at radius 2 is 1.67 bits per heavy atom. The number of rotatable bonds is 2. The van der Waals surface area contributed by atoms with Gasteiger partial charge in [0.1, 0.15) is 0 Å². The Kier molecular flexibility index (Phi) is 3.26. The zero-order chi connectivity index (χ0) is 11.7. The molecule has 1 heterocycles. The average Bonchev–Trinajstić information content (AvgIpc) is 2.31. The third-order valence-electron chi connectivity index (χ3n) is 2.86. The molecule has 0 radical (unpaired) electrons. The number of carbonyl (C=O) groups excluding carboxylic acids is 1. The average molecular weight is 212 g/mol. The highest BCUT2D eigenvalue weighted by molar-refractivity contribution is 6.52. The lowest BCUT2D eigenvalue weighted by Gasteiger charge is -2.32. The Bertz CT molecular complexity index is 267. The number of hydrogen-bond donors (Lipinski definition) is 0. The minimum atomic E-state index is -0.492. The molecule has 0 aromatic rings. The summed E-state index contributed by atoms with van der Waals surface area (Å²) >= 11 is 0. The van der Waals surface area contributed by atoms with E-state index >= 15 is 0 Å². The second-order valence-electron chi connectivity index (χ2n) is 4.51. The van der Waals surface area contributed by atoms with E-state index in [1.165, 1.54) is 13.2 Å². The second kappa shape index (κ2) is 3.98. The molecule has 0 saturated carbocycles. The molecule has 1 rings (SSSR count). The van der Waals surface area contributed by atoms with Crippen LogP contribution in [0.2, 0.25) is 0 Å². The maximum absolute atomic E-state index is 10.9. The van der Waals surface area contributed by atoms with E-state index in [9.17, 15) is 4.79 Å². The Morgan fingerprint density at radius 3 is 2.07 bits per heavy atom. The van der Waals surface area contributed by atoms with E-state index in [0.29, 0.717) is 0 Å². The van der Waals surface area contributed by atoms with Crippen molar-refractivity contribution >= 4 is 13.1 Å². The minimum absolute atomic E-state index is 0.377. The number of methoxy groups -OCH3 is 1. The molecule has 1 saturated heterocycles. The molecule has 0 spiro atoms. The summed E-state index contributed by atoms with van der Waals surface area (Å²) in [4.78, 5) is 10.9. The van der Waals surface area contributed by atoms with E-state index < -0.39 is 13.1 Å². The molecule has 0 N–H and O–H groups in total. The molecule has 1 aliphatic heterocycles. The first kappa shape index (κ1) is 12.3. The van der Waals surface area contributed by atoms with Crippen molar-refractivity contribution in [3.8, 4) is 0 Å². The lowest BCUT2D eigenvalue weighted by molar-refractivity contribution is -0.134. The first-order chi connectivity index (χ1) is 6.78. The van der Waals surface area contributed by atoms with Crippen LogP contribution < -0.4 is 0 Å². The molecule has 0 aromatic carbocycles. The summed E-state index contributed by atoms with van der Waals surface area (Å²) in [6.45, 7) is 7.83. The fourth-order valence-corrected chi connectivity index (χ4v) is 1.19. The van der Waals surface area contributed by atoms with Gasteiger partial charge < -0.3 is 14.0 Å². The van der Waals surface area contributed by atoms with Gasteiger partial charge in [-0.3, -0.25) is 0 Å². The fourth-order valence-electron chi connectivity index (χ4n) is 1.19. The molecule has 0 atom stereocenters. The molecule has 0 amide bonds. The van der Waals surface area contributed by atoms with Crippen molar-refractivity contribution in [3.05, 3.63) is 12.1 Å². The summed E-state index contributed by atoms with van der Waals surface area (Å²) < 4.78 is 15.8. The summed E-state index contributed by atoms with van der Waals surface area (Å²) in [5.74, 6) is 1.15. The zero-order valence-corrected chi connectivity index (χ0v) is 9.87. The van der Waals surface area contributed by atoms with E-state index in [1.54, 1.807) is 5.98 Å². The van der Waals surface area contributed by atoms with Crippen LogP contribution in [0.15, 0.2) is 12.1 Å². The Hall–Kier alpha value is -0.805. The lowest BCUT2D eigenvalue weighted by atomic mass is 9.90. The lowest BCUT2D eigenvalue weighted by Crippen LogP contribution is -2.41. The van der Waals surface area contributed by atoms with Gasteiger partial charge >= 0.3 is 13.1 Å². The topological polar surface area (TPSA) is 44.8 Å². The number of ether oxygens (including phenoxy) is 1. The van der Waals surface area contributed by atoms with Crippen LogP contribution in [0.1, 0.15) is 27.7 Å². The molecule has 84 valence electrons.